The summed E-state index contributed by atoms with van der Waals surface area (Å²) in [6.45, 7) is 0. The van der Waals surface area contributed by atoms with E-state index in [-0.39, 0.29) is 22.0 Å². The van der Waals surface area contributed by atoms with E-state index in [1.807, 2.05) is 0 Å². The number of nitro groups is 1. The fraction of sp³-hybridized carbons (Fsp3) is 0. The lowest BCUT2D eigenvalue weighted by Crippen LogP contribution is -1.96. The predicted molar refractivity (Wildman–Crippen MR) is 72.5 cm³/mol. The molecule has 0 radical (unpaired) electrons. The summed E-state index contributed by atoms with van der Waals surface area (Å²) in [6, 6.07) is 9.47. The van der Waals surface area contributed by atoms with Gasteiger partial charge in [0.15, 0.2) is 0 Å². The van der Waals surface area contributed by atoms with Gasteiger partial charge in [0.05, 0.1) is 15.6 Å². The summed E-state index contributed by atoms with van der Waals surface area (Å²) in [5, 5.41) is 22.7. The second-order valence-corrected chi connectivity index (χ2v) is 4.26. The van der Waals surface area contributed by atoms with Gasteiger partial charge in [0.25, 0.3) is 5.69 Å². The molecule has 100 valence electrons. The van der Waals surface area contributed by atoms with Gasteiger partial charge in [0.2, 0.25) is 0 Å². The molecule has 0 aromatic heterocycles. The van der Waals surface area contributed by atoms with Crippen molar-refractivity contribution >= 4 is 28.7 Å². The van der Waals surface area contributed by atoms with E-state index in [9.17, 15) is 14.5 Å². The lowest BCUT2D eigenvalue weighted by Gasteiger charge is -2.08. The zero-order valence-corrected chi connectivity index (χ0v) is 10.7. The highest BCUT2D eigenvalue weighted by Crippen LogP contribution is 2.29. The van der Waals surface area contributed by atoms with Gasteiger partial charge in [-0.1, -0.05) is 11.6 Å². The van der Waals surface area contributed by atoms with Crippen molar-refractivity contribution in [3.05, 3.63) is 62.9 Å². The maximum atomic E-state index is 13.1. The van der Waals surface area contributed by atoms with Crippen LogP contribution in [-0.2, 0) is 0 Å². The summed E-state index contributed by atoms with van der Waals surface area (Å²) in [5.74, 6) is -0.486. The SMILES string of the molecule is N#Cc1ccc(Nc2cc(F)ccc2Cl)cc1[N+](=O)[O-]. The van der Waals surface area contributed by atoms with Crippen LogP contribution in [0.5, 0.6) is 0 Å². The Morgan fingerprint density at radius 1 is 1.30 bits per heavy atom. The van der Waals surface area contributed by atoms with Crippen LogP contribution >= 0.6 is 11.6 Å². The number of hydrogen-bond acceptors (Lipinski definition) is 4. The third-order valence-electron chi connectivity index (χ3n) is 2.52. The third kappa shape index (κ3) is 2.84. The van der Waals surface area contributed by atoms with E-state index in [1.165, 1.54) is 36.4 Å². The summed E-state index contributed by atoms with van der Waals surface area (Å²) in [7, 11) is 0. The minimum Gasteiger partial charge on any atom is -0.354 e. The van der Waals surface area contributed by atoms with E-state index in [0.29, 0.717) is 5.69 Å². The average Bonchev–Trinajstić information content (AvgIpc) is 2.42. The van der Waals surface area contributed by atoms with E-state index in [1.54, 1.807) is 6.07 Å². The number of halogens is 2. The third-order valence-corrected chi connectivity index (χ3v) is 2.85. The van der Waals surface area contributed by atoms with Gasteiger partial charge in [-0.15, -0.1) is 0 Å². The molecule has 0 saturated carbocycles. The van der Waals surface area contributed by atoms with Crippen molar-refractivity contribution in [1.82, 2.24) is 0 Å². The molecule has 1 N–H and O–H groups in total. The summed E-state index contributed by atoms with van der Waals surface area (Å²) in [5.41, 5.74) is 0.241. The number of benzene rings is 2. The molecule has 2 rings (SSSR count). The number of nitro benzene ring substituents is 1. The molecule has 0 fully saturated rings. The van der Waals surface area contributed by atoms with Gasteiger partial charge >= 0.3 is 0 Å². The van der Waals surface area contributed by atoms with E-state index in [0.717, 1.165) is 0 Å². The maximum absolute atomic E-state index is 13.1. The number of nitrogens with zero attached hydrogens (tertiary/aromatic N) is 2. The maximum Gasteiger partial charge on any atom is 0.289 e. The number of rotatable bonds is 3. The first-order valence-corrected chi connectivity index (χ1v) is 5.79. The molecule has 7 heteroatoms. The van der Waals surface area contributed by atoms with Crippen LogP contribution in [-0.4, -0.2) is 4.92 Å². The van der Waals surface area contributed by atoms with Crippen molar-refractivity contribution in [3.8, 4) is 6.07 Å². The molecule has 0 atom stereocenters. The Labute approximate surface area is 118 Å². The van der Waals surface area contributed by atoms with Crippen LogP contribution in [0.2, 0.25) is 5.02 Å². The second kappa shape index (κ2) is 5.55. The van der Waals surface area contributed by atoms with Gasteiger partial charge < -0.3 is 5.32 Å². The summed E-state index contributed by atoms with van der Waals surface area (Å²) >= 11 is 5.89. The zero-order valence-electron chi connectivity index (χ0n) is 9.93. The average molecular weight is 292 g/mol. The lowest BCUT2D eigenvalue weighted by atomic mass is 10.1. The summed E-state index contributed by atoms with van der Waals surface area (Å²) in [4.78, 5) is 10.2. The molecule has 0 aliphatic rings. The number of anilines is 2. The molecular weight excluding hydrogens is 285 g/mol. The van der Waals surface area contributed by atoms with Crippen LogP contribution in [0.3, 0.4) is 0 Å². The van der Waals surface area contributed by atoms with Crippen molar-refractivity contribution in [2.24, 2.45) is 0 Å². The molecule has 2 aromatic carbocycles. The first kappa shape index (κ1) is 13.8. The molecule has 5 nitrogen and oxygen atoms in total. The zero-order chi connectivity index (χ0) is 14.7. The van der Waals surface area contributed by atoms with Gasteiger partial charge in [0.1, 0.15) is 17.4 Å². The summed E-state index contributed by atoms with van der Waals surface area (Å²) < 4.78 is 13.1. The molecule has 0 bridgehead atoms. The van der Waals surface area contributed by atoms with Crippen molar-refractivity contribution in [3.63, 3.8) is 0 Å². The molecule has 0 saturated heterocycles. The van der Waals surface area contributed by atoms with Gasteiger partial charge in [-0.25, -0.2) is 4.39 Å². The van der Waals surface area contributed by atoms with E-state index in [2.05, 4.69) is 5.32 Å². The minimum absolute atomic E-state index is 0.0501. The fourth-order valence-electron chi connectivity index (χ4n) is 1.60. The Hall–Kier alpha value is -2.65. The molecule has 0 heterocycles. The van der Waals surface area contributed by atoms with E-state index in [4.69, 9.17) is 16.9 Å². The smallest absolute Gasteiger partial charge is 0.289 e. The molecule has 0 unspecified atom stereocenters. The van der Waals surface area contributed by atoms with Crippen molar-refractivity contribution in [1.29, 1.82) is 5.26 Å². The first-order valence-electron chi connectivity index (χ1n) is 5.42. The normalized spacial score (nSPS) is 9.85. The Balaban J connectivity index is 2.40. The van der Waals surface area contributed by atoms with Crippen molar-refractivity contribution in [2.45, 2.75) is 0 Å². The predicted octanol–water partition coefficient (Wildman–Crippen LogP) is 4.00. The molecule has 2 aromatic rings. The molecule has 0 aliphatic heterocycles. The van der Waals surface area contributed by atoms with E-state index >= 15 is 0 Å². The monoisotopic (exact) mass is 291 g/mol. The fourth-order valence-corrected chi connectivity index (χ4v) is 1.77. The Morgan fingerprint density at radius 2 is 2.05 bits per heavy atom. The van der Waals surface area contributed by atoms with Crippen molar-refractivity contribution in [2.75, 3.05) is 5.32 Å². The van der Waals surface area contributed by atoms with Crippen LogP contribution < -0.4 is 5.32 Å². The standard InChI is InChI=1S/C13H7ClFN3O2/c14-11-4-2-9(15)5-12(11)17-10-3-1-8(7-16)13(6-10)18(19)20/h1-6,17H. The second-order valence-electron chi connectivity index (χ2n) is 3.85. The van der Waals surface area contributed by atoms with Crippen LogP contribution in [0.1, 0.15) is 5.56 Å². The van der Waals surface area contributed by atoms with Gasteiger partial charge in [-0.05, 0) is 30.3 Å². The molecule has 0 spiro atoms. The van der Waals surface area contributed by atoms with Crippen molar-refractivity contribution < 1.29 is 9.31 Å². The van der Waals surface area contributed by atoms with E-state index < -0.39 is 10.7 Å². The number of nitrogens with one attached hydrogen (secondary N) is 1. The van der Waals surface area contributed by atoms with Crippen LogP contribution in [0, 0.1) is 27.3 Å². The summed E-state index contributed by atoms with van der Waals surface area (Å²) in [6.07, 6.45) is 0. The minimum atomic E-state index is -0.656. The Morgan fingerprint density at radius 3 is 2.70 bits per heavy atom. The van der Waals surface area contributed by atoms with Gasteiger partial charge in [-0.3, -0.25) is 10.1 Å². The Kier molecular flexibility index (Phi) is 3.82. The highest BCUT2D eigenvalue weighted by Gasteiger charge is 2.14. The van der Waals surface area contributed by atoms with Gasteiger partial charge in [0, 0.05) is 11.8 Å². The largest absolute Gasteiger partial charge is 0.354 e. The number of nitriles is 1. The molecule has 0 aliphatic carbocycles. The molecule has 20 heavy (non-hydrogen) atoms. The van der Waals surface area contributed by atoms with Crippen LogP contribution in [0.15, 0.2) is 36.4 Å². The Bertz CT molecular complexity index is 728. The quantitative estimate of drug-likeness (QED) is 0.684. The van der Waals surface area contributed by atoms with Crippen LogP contribution in [0.25, 0.3) is 0 Å². The highest BCUT2D eigenvalue weighted by molar-refractivity contribution is 6.33. The van der Waals surface area contributed by atoms with Crippen LogP contribution in [0.4, 0.5) is 21.5 Å². The number of hydrogen-bond donors (Lipinski definition) is 1. The topological polar surface area (TPSA) is 79.0 Å². The molecular formula is C13H7ClFN3O2. The van der Waals surface area contributed by atoms with Gasteiger partial charge in [-0.2, -0.15) is 5.26 Å². The highest BCUT2D eigenvalue weighted by atomic mass is 35.5. The first-order chi connectivity index (χ1) is 9.51. The molecule has 0 amide bonds. The lowest BCUT2D eigenvalue weighted by molar-refractivity contribution is -0.385.